The third-order valence-corrected chi connectivity index (χ3v) is 4.42. The SMILES string of the molecule is CCOC(=O)NC(CNS(=O)(=O)c1cc(F)cc(F)c1)CC(C)C. The highest BCUT2D eigenvalue weighted by Crippen LogP contribution is 2.14. The van der Waals surface area contributed by atoms with Gasteiger partial charge in [0.15, 0.2) is 0 Å². The molecule has 0 aliphatic heterocycles. The van der Waals surface area contributed by atoms with Crippen LogP contribution in [0.2, 0.25) is 0 Å². The lowest BCUT2D eigenvalue weighted by atomic mass is 10.0. The summed E-state index contributed by atoms with van der Waals surface area (Å²) in [6, 6.07) is 1.52. The smallest absolute Gasteiger partial charge is 0.407 e. The molecule has 1 aromatic carbocycles. The van der Waals surface area contributed by atoms with Crippen molar-refractivity contribution in [2.45, 2.75) is 38.1 Å². The molecule has 0 bridgehead atoms. The van der Waals surface area contributed by atoms with Gasteiger partial charge in [-0.2, -0.15) is 0 Å². The van der Waals surface area contributed by atoms with Crippen LogP contribution >= 0.6 is 0 Å². The fourth-order valence-corrected chi connectivity index (χ4v) is 3.20. The van der Waals surface area contributed by atoms with Gasteiger partial charge in [-0.15, -0.1) is 0 Å². The van der Waals surface area contributed by atoms with Gasteiger partial charge in [0, 0.05) is 18.7 Å². The van der Waals surface area contributed by atoms with Crippen molar-refractivity contribution < 1.29 is 26.7 Å². The van der Waals surface area contributed by atoms with Crippen LogP contribution in [0.3, 0.4) is 0 Å². The molecule has 1 atom stereocenters. The molecule has 0 heterocycles. The van der Waals surface area contributed by atoms with Gasteiger partial charge in [0.1, 0.15) is 11.6 Å². The molecule has 9 heteroatoms. The fraction of sp³-hybridized carbons (Fsp3) is 0.533. The number of hydrogen-bond donors (Lipinski definition) is 2. The standard InChI is InChI=1S/C15H22F2N2O4S/c1-4-23-15(20)19-13(5-10(2)3)9-18-24(21,22)14-7-11(16)6-12(17)8-14/h6-8,10,13,18H,4-5,9H2,1-3H3,(H,19,20). The molecule has 0 radical (unpaired) electrons. The second-order valence-corrected chi connectivity index (χ2v) is 7.42. The van der Waals surface area contributed by atoms with Crippen molar-refractivity contribution in [3.63, 3.8) is 0 Å². The first-order valence-corrected chi connectivity index (χ1v) is 9.01. The largest absolute Gasteiger partial charge is 0.450 e. The molecule has 0 aliphatic carbocycles. The fourth-order valence-electron chi connectivity index (χ4n) is 2.08. The first-order valence-electron chi connectivity index (χ1n) is 7.53. The normalized spacial score (nSPS) is 12.9. The van der Waals surface area contributed by atoms with Crippen LogP contribution < -0.4 is 10.0 Å². The summed E-state index contributed by atoms with van der Waals surface area (Å²) >= 11 is 0. The summed E-state index contributed by atoms with van der Waals surface area (Å²) in [4.78, 5) is 11.0. The zero-order chi connectivity index (χ0) is 18.3. The minimum absolute atomic E-state index is 0.128. The lowest BCUT2D eigenvalue weighted by molar-refractivity contribution is 0.146. The van der Waals surface area contributed by atoms with Gasteiger partial charge in [-0.25, -0.2) is 26.7 Å². The van der Waals surface area contributed by atoms with Gasteiger partial charge in [-0.1, -0.05) is 13.8 Å². The van der Waals surface area contributed by atoms with Crippen LogP contribution in [0, 0.1) is 17.6 Å². The summed E-state index contributed by atoms with van der Waals surface area (Å²) in [7, 11) is -4.11. The number of alkyl carbamates (subject to hydrolysis) is 1. The van der Waals surface area contributed by atoms with E-state index in [0.29, 0.717) is 12.5 Å². The Balaban J connectivity index is 2.81. The minimum Gasteiger partial charge on any atom is -0.450 e. The van der Waals surface area contributed by atoms with E-state index in [1.165, 1.54) is 0 Å². The van der Waals surface area contributed by atoms with Gasteiger partial charge in [-0.05, 0) is 31.4 Å². The summed E-state index contributed by atoms with van der Waals surface area (Å²) in [6.07, 6.45) is -0.155. The number of benzene rings is 1. The van der Waals surface area contributed by atoms with Crippen molar-refractivity contribution in [3.05, 3.63) is 29.8 Å². The molecule has 0 saturated carbocycles. The Hall–Kier alpha value is -1.74. The molecule has 1 aromatic rings. The quantitative estimate of drug-likeness (QED) is 0.742. The van der Waals surface area contributed by atoms with Gasteiger partial charge < -0.3 is 10.1 Å². The number of sulfonamides is 1. The number of carbonyl (C=O) groups is 1. The molecular weight excluding hydrogens is 342 g/mol. The molecule has 136 valence electrons. The Morgan fingerprint density at radius 1 is 1.21 bits per heavy atom. The molecule has 24 heavy (non-hydrogen) atoms. The Bertz CT molecular complexity index is 645. The first-order chi connectivity index (χ1) is 11.1. The van der Waals surface area contributed by atoms with E-state index in [1.54, 1.807) is 6.92 Å². The summed E-state index contributed by atoms with van der Waals surface area (Å²) in [5, 5.41) is 2.56. The highest BCUT2D eigenvalue weighted by atomic mass is 32.2. The van der Waals surface area contributed by atoms with E-state index in [9.17, 15) is 22.0 Å². The van der Waals surface area contributed by atoms with E-state index in [-0.39, 0.29) is 19.1 Å². The number of ether oxygens (including phenoxy) is 1. The molecule has 2 N–H and O–H groups in total. The van der Waals surface area contributed by atoms with Crippen molar-refractivity contribution in [1.82, 2.24) is 10.0 Å². The molecule has 0 aromatic heterocycles. The van der Waals surface area contributed by atoms with E-state index in [2.05, 4.69) is 10.0 Å². The van der Waals surface area contributed by atoms with Gasteiger partial charge in [0.2, 0.25) is 10.0 Å². The summed E-state index contributed by atoms with van der Waals surface area (Å²) in [5.41, 5.74) is 0. The number of rotatable bonds is 8. The van der Waals surface area contributed by atoms with E-state index in [4.69, 9.17) is 4.74 Å². The van der Waals surface area contributed by atoms with Gasteiger partial charge >= 0.3 is 6.09 Å². The molecule has 0 spiro atoms. The Kier molecular flexibility index (Phi) is 7.56. The van der Waals surface area contributed by atoms with Crippen LogP contribution in [0.25, 0.3) is 0 Å². The third-order valence-electron chi connectivity index (χ3n) is 3.02. The first kappa shape index (κ1) is 20.3. The molecule has 1 amide bonds. The van der Waals surface area contributed by atoms with Gasteiger partial charge in [-0.3, -0.25) is 0 Å². The number of carbonyl (C=O) groups excluding carboxylic acids is 1. The predicted molar refractivity (Wildman–Crippen MR) is 84.9 cm³/mol. The summed E-state index contributed by atoms with van der Waals surface area (Å²) < 4.78 is 57.7. The van der Waals surface area contributed by atoms with E-state index in [1.807, 2.05) is 13.8 Å². The topological polar surface area (TPSA) is 84.5 Å². The molecule has 0 aliphatic rings. The Morgan fingerprint density at radius 2 is 1.79 bits per heavy atom. The molecule has 1 unspecified atom stereocenters. The molecule has 1 rings (SSSR count). The van der Waals surface area contributed by atoms with Crippen LogP contribution in [0.1, 0.15) is 27.2 Å². The van der Waals surface area contributed by atoms with Crippen molar-refractivity contribution in [2.75, 3.05) is 13.2 Å². The van der Waals surface area contributed by atoms with Crippen LogP contribution in [0.4, 0.5) is 13.6 Å². The molecule has 6 nitrogen and oxygen atoms in total. The van der Waals surface area contributed by atoms with E-state index in [0.717, 1.165) is 12.1 Å². The lowest BCUT2D eigenvalue weighted by Crippen LogP contribution is -2.44. The van der Waals surface area contributed by atoms with Crippen molar-refractivity contribution >= 4 is 16.1 Å². The molecule has 0 saturated heterocycles. The second kappa shape index (κ2) is 8.93. The maximum atomic E-state index is 13.2. The van der Waals surface area contributed by atoms with E-state index >= 15 is 0 Å². The second-order valence-electron chi connectivity index (χ2n) is 5.65. The molecule has 0 fully saturated rings. The van der Waals surface area contributed by atoms with Crippen LogP contribution in [-0.4, -0.2) is 33.7 Å². The van der Waals surface area contributed by atoms with Gasteiger partial charge in [0.05, 0.1) is 11.5 Å². The zero-order valence-corrected chi connectivity index (χ0v) is 14.6. The maximum Gasteiger partial charge on any atom is 0.407 e. The zero-order valence-electron chi connectivity index (χ0n) is 13.8. The summed E-state index contributed by atoms with van der Waals surface area (Å²) in [5.74, 6) is -1.79. The monoisotopic (exact) mass is 364 g/mol. The maximum absolute atomic E-state index is 13.2. The average molecular weight is 364 g/mol. The number of hydrogen-bond acceptors (Lipinski definition) is 4. The lowest BCUT2D eigenvalue weighted by Gasteiger charge is -2.20. The number of nitrogens with one attached hydrogen (secondary N) is 2. The highest BCUT2D eigenvalue weighted by Gasteiger charge is 2.21. The molecular formula is C15H22F2N2O4S. The van der Waals surface area contributed by atoms with Crippen LogP contribution in [0.15, 0.2) is 23.1 Å². The highest BCUT2D eigenvalue weighted by molar-refractivity contribution is 7.89. The number of halogens is 2. The van der Waals surface area contributed by atoms with Gasteiger partial charge in [0.25, 0.3) is 0 Å². The van der Waals surface area contributed by atoms with E-state index < -0.39 is 38.7 Å². The van der Waals surface area contributed by atoms with Crippen molar-refractivity contribution in [1.29, 1.82) is 0 Å². The minimum atomic E-state index is -4.11. The average Bonchev–Trinajstić information content (AvgIpc) is 2.43. The summed E-state index contributed by atoms with van der Waals surface area (Å²) in [6.45, 7) is 5.54. The Labute approximate surface area is 140 Å². The third kappa shape index (κ3) is 6.79. The van der Waals surface area contributed by atoms with Crippen molar-refractivity contribution in [2.24, 2.45) is 5.92 Å². The Morgan fingerprint density at radius 3 is 2.29 bits per heavy atom. The predicted octanol–water partition coefficient (Wildman–Crippen LogP) is 2.40. The number of amides is 1. The van der Waals surface area contributed by atoms with Crippen LogP contribution in [-0.2, 0) is 14.8 Å². The van der Waals surface area contributed by atoms with Crippen LogP contribution in [0.5, 0.6) is 0 Å². The van der Waals surface area contributed by atoms with Crippen molar-refractivity contribution in [3.8, 4) is 0 Å².